The summed E-state index contributed by atoms with van der Waals surface area (Å²) in [5.74, 6) is -0.0329. The summed E-state index contributed by atoms with van der Waals surface area (Å²) in [4.78, 5) is 24.7. The highest BCUT2D eigenvalue weighted by Gasteiger charge is 2.11. The number of rotatable bonds is 7. The molecule has 0 fully saturated rings. The third-order valence-electron chi connectivity index (χ3n) is 4.05. The van der Waals surface area contributed by atoms with E-state index in [9.17, 15) is 9.59 Å². The Kier molecular flexibility index (Phi) is 5.63. The fourth-order valence-corrected chi connectivity index (χ4v) is 3.56. The molecular weight excluding hydrogens is 346 g/mol. The van der Waals surface area contributed by atoms with Crippen molar-refractivity contribution in [2.24, 2.45) is 0 Å². The fraction of sp³-hybridized carbons (Fsp3) is 0.250. The van der Waals surface area contributed by atoms with Crippen LogP contribution >= 0.6 is 11.3 Å². The highest BCUT2D eigenvalue weighted by Crippen LogP contribution is 2.28. The van der Waals surface area contributed by atoms with Crippen LogP contribution in [0, 0.1) is 6.92 Å². The molecule has 5 nitrogen and oxygen atoms in total. The van der Waals surface area contributed by atoms with Crippen LogP contribution in [0.5, 0.6) is 0 Å². The second-order valence-electron chi connectivity index (χ2n) is 6.19. The van der Waals surface area contributed by atoms with E-state index < -0.39 is 0 Å². The van der Waals surface area contributed by atoms with Gasteiger partial charge in [-0.25, -0.2) is 0 Å². The van der Waals surface area contributed by atoms with Crippen molar-refractivity contribution in [2.45, 2.75) is 26.8 Å². The Hall–Kier alpha value is -2.73. The summed E-state index contributed by atoms with van der Waals surface area (Å²) in [6.07, 6.45) is 4.63. The van der Waals surface area contributed by atoms with Crippen LogP contribution < -0.4 is 5.32 Å². The third kappa shape index (κ3) is 4.26. The second kappa shape index (κ2) is 8.10. The van der Waals surface area contributed by atoms with Crippen LogP contribution in [0.15, 0.2) is 48.1 Å². The van der Waals surface area contributed by atoms with Crippen LogP contribution in [0.4, 0.5) is 0 Å². The number of thiophene rings is 1. The molecule has 0 unspecified atom stereocenters. The normalized spacial score (nSPS) is 10.7. The molecule has 1 N–H and O–H groups in total. The van der Waals surface area contributed by atoms with Gasteiger partial charge in [0.15, 0.2) is 5.78 Å². The first kappa shape index (κ1) is 18.1. The first-order chi connectivity index (χ1) is 12.5. The summed E-state index contributed by atoms with van der Waals surface area (Å²) >= 11 is 1.44. The predicted octanol–water partition coefficient (Wildman–Crippen LogP) is 3.94. The van der Waals surface area contributed by atoms with E-state index >= 15 is 0 Å². The van der Waals surface area contributed by atoms with Gasteiger partial charge in [-0.2, -0.15) is 5.10 Å². The Morgan fingerprint density at radius 1 is 1.19 bits per heavy atom. The lowest BCUT2D eigenvalue weighted by molar-refractivity contribution is 0.0951. The first-order valence-electron chi connectivity index (χ1n) is 8.50. The molecular formula is C20H21N3O2S. The zero-order chi connectivity index (χ0) is 18.5. The number of ketones is 1. The van der Waals surface area contributed by atoms with E-state index in [1.54, 1.807) is 19.1 Å². The summed E-state index contributed by atoms with van der Waals surface area (Å²) in [6.45, 7) is 4.95. The van der Waals surface area contributed by atoms with E-state index in [4.69, 9.17) is 0 Å². The van der Waals surface area contributed by atoms with Gasteiger partial charge in [0.2, 0.25) is 0 Å². The lowest BCUT2D eigenvalue weighted by Gasteiger charge is -2.07. The molecule has 6 heteroatoms. The van der Waals surface area contributed by atoms with E-state index in [1.807, 2.05) is 47.6 Å². The fourth-order valence-electron chi connectivity index (χ4n) is 2.74. The molecule has 0 bridgehead atoms. The lowest BCUT2D eigenvalue weighted by Crippen LogP contribution is -2.25. The topological polar surface area (TPSA) is 64.0 Å². The smallest absolute Gasteiger partial charge is 0.251 e. The molecule has 0 aliphatic carbocycles. The van der Waals surface area contributed by atoms with Crippen LogP contribution in [0.2, 0.25) is 0 Å². The number of nitrogens with one attached hydrogen (secondary N) is 1. The van der Waals surface area contributed by atoms with Crippen molar-refractivity contribution >= 4 is 23.0 Å². The summed E-state index contributed by atoms with van der Waals surface area (Å²) in [6, 6.07) is 9.30. The molecule has 2 heterocycles. The maximum absolute atomic E-state index is 12.2. The minimum atomic E-state index is -0.0923. The Balaban J connectivity index is 1.55. The first-order valence-corrected chi connectivity index (χ1v) is 9.38. The molecule has 1 aromatic carbocycles. The number of Topliss-reactive ketones (excluding diaryl/α,β-unsaturated/α-hetero) is 1. The molecule has 0 atom stereocenters. The number of hydrogen-bond donors (Lipinski definition) is 1. The number of carbonyl (C=O) groups is 2. The summed E-state index contributed by atoms with van der Waals surface area (Å²) < 4.78 is 1.88. The average molecular weight is 367 g/mol. The number of hydrogen-bond acceptors (Lipinski definition) is 4. The van der Waals surface area contributed by atoms with Crippen molar-refractivity contribution in [3.05, 3.63) is 64.1 Å². The van der Waals surface area contributed by atoms with Gasteiger partial charge in [-0.1, -0.05) is 12.1 Å². The van der Waals surface area contributed by atoms with Crippen LogP contribution in [-0.2, 0) is 6.54 Å². The van der Waals surface area contributed by atoms with Crippen molar-refractivity contribution in [3.63, 3.8) is 0 Å². The third-order valence-corrected chi connectivity index (χ3v) is 5.07. The molecule has 0 saturated heterocycles. The van der Waals surface area contributed by atoms with Gasteiger partial charge in [0, 0.05) is 30.4 Å². The van der Waals surface area contributed by atoms with Gasteiger partial charge in [0.25, 0.3) is 5.91 Å². The highest BCUT2D eigenvalue weighted by atomic mass is 32.1. The SMILES string of the molecule is CC(=O)c1sccc1-c1ccc(C(=O)NCCCn2cc(C)cn2)cc1. The van der Waals surface area contributed by atoms with Crippen molar-refractivity contribution in [1.82, 2.24) is 15.1 Å². The van der Waals surface area contributed by atoms with E-state index in [-0.39, 0.29) is 11.7 Å². The van der Waals surface area contributed by atoms with Crippen LogP contribution in [0.25, 0.3) is 11.1 Å². The summed E-state index contributed by atoms with van der Waals surface area (Å²) in [5, 5.41) is 9.06. The van der Waals surface area contributed by atoms with Crippen LogP contribution in [0.1, 0.15) is 38.9 Å². The van der Waals surface area contributed by atoms with Crippen molar-refractivity contribution in [2.75, 3.05) is 6.54 Å². The monoisotopic (exact) mass is 367 g/mol. The maximum atomic E-state index is 12.2. The van der Waals surface area contributed by atoms with E-state index in [1.165, 1.54) is 11.3 Å². The van der Waals surface area contributed by atoms with E-state index in [2.05, 4.69) is 10.4 Å². The minimum Gasteiger partial charge on any atom is -0.352 e. The zero-order valence-electron chi connectivity index (χ0n) is 14.9. The van der Waals surface area contributed by atoms with Crippen molar-refractivity contribution in [3.8, 4) is 11.1 Å². The molecule has 3 rings (SSSR count). The highest BCUT2D eigenvalue weighted by molar-refractivity contribution is 7.12. The lowest BCUT2D eigenvalue weighted by atomic mass is 10.0. The van der Waals surface area contributed by atoms with Crippen molar-refractivity contribution < 1.29 is 9.59 Å². The molecule has 0 aliphatic rings. The van der Waals surface area contributed by atoms with Gasteiger partial charge in [-0.05, 0) is 55.0 Å². The Morgan fingerprint density at radius 2 is 1.96 bits per heavy atom. The maximum Gasteiger partial charge on any atom is 0.251 e. The number of benzene rings is 1. The average Bonchev–Trinajstić information content (AvgIpc) is 3.28. The second-order valence-corrected chi connectivity index (χ2v) is 7.10. The largest absolute Gasteiger partial charge is 0.352 e. The number of aryl methyl sites for hydroxylation is 2. The molecule has 3 aromatic rings. The number of nitrogens with zero attached hydrogens (tertiary/aromatic N) is 2. The van der Waals surface area contributed by atoms with E-state index in [0.29, 0.717) is 12.1 Å². The molecule has 0 saturated carbocycles. The molecule has 0 aliphatic heterocycles. The molecule has 1 amide bonds. The predicted molar refractivity (Wildman–Crippen MR) is 104 cm³/mol. The standard InChI is InChI=1S/C20H21N3O2S/c1-14-12-22-23(13-14)10-3-9-21-20(25)17-6-4-16(5-7-17)18-8-11-26-19(18)15(2)24/h4-8,11-13H,3,9-10H2,1-2H3,(H,21,25). The van der Waals surface area contributed by atoms with Crippen molar-refractivity contribution in [1.29, 1.82) is 0 Å². The molecule has 134 valence electrons. The van der Waals surface area contributed by atoms with Gasteiger partial charge >= 0.3 is 0 Å². The summed E-state index contributed by atoms with van der Waals surface area (Å²) in [5.41, 5.74) is 3.61. The zero-order valence-corrected chi connectivity index (χ0v) is 15.7. The molecule has 26 heavy (non-hydrogen) atoms. The van der Waals surface area contributed by atoms with Gasteiger partial charge in [0.05, 0.1) is 11.1 Å². The molecule has 2 aromatic heterocycles. The minimum absolute atomic E-state index is 0.0594. The van der Waals surface area contributed by atoms with Gasteiger partial charge in [-0.15, -0.1) is 11.3 Å². The van der Waals surface area contributed by atoms with E-state index in [0.717, 1.165) is 34.5 Å². The van der Waals surface area contributed by atoms with Crippen LogP contribution in [0.3, 0.4) is 0 Å². The van der Waals surface area contributed by atoms with Gasteiger partial charge in [0.1, 0.15) is 0 Å². The Labute approximate surface area is 156 Å². The quantitative estimate of drug-likeness (QED) is 0.508. The van der Waals surface area contributed by atoms with Gasteiger partial charge in [-0.3, -0.25) is 14.3 Å². The van der Waals surface area contributed by atoms with Gasteiger partial charge < -0.3 is 5.32 Å². The Morgan fingerprint density at radius 3 is 2.62 bits per heavy atom. The number of amides is 1. The Bertz CT molecular complexity index is 909. The number of aromatic nitrogens is 2. The molecule has 0 radical (unpaired) electrons. The number of carbonyl (C=O) groups excluding carboxylic acids is 2. The molecule has 0 spiro atoms. The van der Waals surface area contributed by atoms with Crippen LogP contribution in [-0.4, -0.2) is 28.0 Å². The summed E-state index contributed by atoms with van der Waals surface area (Å²) in [7, 11) is 0.